The second kappa shape index (κ2) is 9.57. The third-order valence-electron chi connectivity index (χ3n) is 4.47. The van der Waals surface area contributed by atoms with Crippen LogP contribution in [0.3, 0.4) is 0 Å². The lowest BCUT2D eigenvalue weighted by Gasteiger charge is -2.28. The van der Waals surface area contributed by atoms with Gasteiger partial charge in [0.1, 0.15) is 23.0 Å². The Morgan fingerprint density at radius 1 is 1.35 bits per heavy atom. The summed E-state index contributed by atoms with van der Waals surface area (Å²) in [6.45, 7) is 8.26. The summed E-state index contributed by atoms with van der Waals surface area (Å²) in [5, 5.41) is 19.0. The minimum Gasteiger partial charge on any atom is -0.378 e. The molecule has 1 aliphatic heterocycles. The van der Waals surface area contributed by atoms with Gasteiger partial charge in [-0.25, -0.2) is 14.8 Å². The van der Waals surface area contributed by atoms with E-state index in [0.29, 0.717) is 55.2 Å². The molecule has 2 aromatic heterocycles. The van der Waals surface area contributed by atoms with Crippen LogP contribution in [0.15, 0.2) is 17.8 Å². The number of rotatable bonds is 7. The Morgan fingerprint density at radius 3 is 2.68 bits per heavy atom. The van der Waals surface area contributed by atoms with Crippen LogP contribution in [-0.4, -0.2) is 70.1 Å². The Balaban J connectivity index is 1.96. The zero-order valence-electron chi connectivity index (χ0n) is 17.3. The molecule has 3 heterocycles. The topological polar surface area (TPSA) is 163 Å². The highest BCUT2D eigenvalue weighted by molar-refractivity contribution is 7.13. The molecule has 0 atom stereocenters. The van der Waals surface area contributed by atoms with Crippen molar-refractivity contribution in [3.63, 3.8) is 0 Å². The summed E-state index contributed by atoms with van der Waals surface area (Å²) < 4.78 is 7.06. The number of amidine groups is 1. The number of amides is 3. The summed E-state index contributed by atoms with van der Waals surface area (Å²) in [5.74, 6) is 0.678. The van der Waals surface area contributed by atoms with Crippen molar-refractivity contribution in [3.05, 3.63) is 29.2 Å². The number of urea groups is 1. The Hall–Kier alpha value is -3.45. The molecule has 0 bridgehead atoms. The van der Waals surface area contributed by atoms with E-state index in [4.69, 9.17) is 15.9 Å². The van der Waals surface area contributed by atoms with E-state index in [-0.39, 0.29) is 17.4 Å². The maximum absolute atomic E-state index is 11.8. The molecule has 31 heavy (non-hydrogen) atoms. The molecule has 0 saturated carbocycles. The second-order valence-corrected chi connectivity index (χ2v) is 7.49. The largest absolute Gasteiger partial charge is 0.378 e. The van der Waals surface area contributed by atoms with Crippen molar-refractivity contribution in [1.29, 1.82) is 5.41 Å². The summed E-state index contributed by atoms with van der Waals surface area (Å²) in [7, 11) is 1.74. The van der Waals surface area contributed by atoms with Crippen molar-refractivity contribution in [2.24, 2.45) is 12.8 Å². The van der Waals surface area contributed by atoms with Gasteiger partial charge in [0, 0.05) is 32.1 Å². The molecule has 0 unspecified atom stereocenters. The van der Waals surface area contributed by atoms with E-state index >= 15 is 0 Å². The molecule has 1 fully saturated rings. The second-order valence-electron chi connectivity index (χ2n) is 6.63. The Labute approximate surface area is 183 Å². The molecule has 6 N–H and O–H groups in total. The fourth-order valence-corrected chi connectivity index (χ4v) is 3.77. The lowest BCUT2D eigenvalue weighted by molar-refractivity contribution is 0.0679. The summed E-state index contributed by atoms with van der Waals surface area (Å²) in [6.07, 6.45) is 0. The number of primary amides is 1. The van der Waals surface area contributed by atoms with Crippen molar-refractivity contribution in [3.8, 4) is 10.8 Å². The fourth-order valence-electron chi connectivity index (χ4n) is 2.94. The Kier molecular flexibility index (Phi) is 6.87. The van der Waals surface area contributed by atoms with Crippen LogP contribution >= 0.6 is 11.3 Å². The maximum atomic E-state index is 11.8. The molecule has 3 rings (SSSR count). The molecule has 13 heteroatoms. The van der Waals surface area contributed by atoms with Crippen LogP contribution < -0.4 is 21.7 Å². The number of aromatic nitrogens is 3. The third-order valence-corrected chi connectivity index (χ3v) is 5.30. The number of ether oxygens (including phenoxy) is 1. The Bertz CT molecular complexity index is 1010. The summed E-state index contributed by atoms with van der Waals surface area (Å²) >= 11 is 1.22. The molecular formula is C18H25N9O3S. The van der Waals surface area contributed by atoms with Crippen LogP contribution in [0.2, 0.25) is 0 Å². The van der Waals surface area contributed by atoms with Crippen LogP contribution in [0, 0.1) is 5.41 Å². The number of nitrogens with one attached hydrogen (secondary N) is 4. The minimum absolute atomic E-state index is 0.143. The van der Waals surface area contributed by atoms with Gasteiger partial charge in [-0.05, 0) is 6.92 Å². The van der Waals surface area contributed by atoms with E-state index in [1.54, 1.807) is 23.9 Å². The van der Waals surface area contributed by atoms with Gasteiger partial charge < -0.3 is 30.6 Å². The highest BCUT2D eigenvalue weighted by Gasteiger charge is 2.26. The number of hydrogen-bond acceptors (Lipinski definition) is 8. The van der Waals surface area contributed by atoms with Crippen molar-refractivity contribution >= 4 is 34.9 Å². The van der Waals surface area contributed by atoms with Gasteiger partial charge in [0.05, 0.1) is 13.2 Å². The molecule has 2 aromatic rings. The molecule has 0 spiro atoms. The number of nitrogens with two attached hydrogens (primary N) is 1. The molecule has 1 aliphatic rings. The summed E-state index contributed by atoms with van der Waals surface area (Å²) in [4.78, 5) is 34.0. The molecule has 0 aliphatic carbocycles. The Morgan fingerprint density at radius 2 is 2.06 bits per heavy atom. The first-order valence-corrected chi connectivity index (χ1v) is 10.4. The predicted molar refractivity (Wildman–Crippen MR) is 117 cm³/mol. The highest BCUT2D eigenvalue weighted by Crippen LogP contribution is 2.29. The smallest absolute Gasteiger partial charge is 0.320 e. The number of morpholine rings is 1. The van der Waals surface area contributed by atoms with Gasteiger partial charge in [-0.1, -0.05) is 6.58 Å². The van der Waals surface area contributed by atoms with Crippen LogP contribution in [0.1, 0.15) is 23.1 Å². The number of carbonyl (C=O) groups excluding carboxylic acids is 2. The first-order chi connectivity index (χ1) is 14.8. The zero-order chi connectivity index (χ0) is 22.5. The van der Waals surface area contributed by atoms with E-state index in [0.717, 1.165) is 0 Å². The van der Waals surface area contributed by atoms with Crippen LogP contribution in [0.25, 0.3) is 10.8 Å². The number of carbonyl (C=O) groups is 2. The normalized spacial score (nSPS) is 13.5. The van der Waals surface area contributed by atoms with E-state index < -0.39 is 11.9 Å². The van der Waals surface area contributed by atoms with Gasteiger partial charge >= 0.3 is 6.03 Å². The number of hydrogen-bond donors (Lipinski definition) is 5. The van der Waals surface area contributed by atoms with Gasteiger partial charge in [-0.3, -0.25) is 15.5 Å². The van der Waals surface area contributed by atoms with Crippen molar-refractivity contribution in [2.75, 3.05) is 38.2 Å². The lowest BCUT2D eigenvalue weighted by atomic mass is 10.3. The average molecular weight is 448 g/mol. The average Bonchev–Trinajstić information content (AvgIpc) is 3.34. The molecule has 1 saturated heterocycles. The molecule has 3 amide bonds. The summed E-state index contributed by atoms with van der Waals surface area (Å²) in [6, 6.07) is -0.404. The van der Waals surface area contributed by atoms with Gasteiger partial charge in [-0.15, -0.1) is 11.3 Å². The number of anilines is 1. The fraction of sp³-hybridized carbons (Fsp3) is 0.389. The van der Waals surface area contributed by atoms with Gasteiger partial charge in [0.2, 0.25) is 0 Å². The third kappa shape index (κ3) is 5.00. The first kappa shape index (κ1) is 22.2. The quantitative estimate of drug-likeness (QED) is 0.305. The highest BCUT2D eigenvalue weighted by atomic mass is 32.1. The number of imidazole rings is 1. The van der Waals surface area contributed by atoms with E-state index in [9.17, 15) is 9.59 Å². The van der Waals surface area contributed by atoms with Crippen molar-refractivity contribution in [1.82, 2.24) is 30.1 Å². The van der Waals surface area contributed by atoms with Gasteiger partial charge in [-0.2, -0.15) is 0 Å². The summed E-state index contributed by atoms with van der Waals surface area (Å²) in [5.41, 5.74) is 5.82. The maximum Gasteiger partial charge on any atom is 0.320 e. The van der Waals surface area contributed by atoms with Gasteiger partial charge in [0.25, 0.3) is 5.91 Å². The van der Waals surface area contributed by atoms with E-state index in [1.807, 2.05) is 4.90 Å². The first-order valence-electron chi connectivity index (χ1n) is 9.56. The number of thiazole rings is 1. The lowest BCUT2D eigenvalue weighted by Crippen LogP contribution is -2.41. The number of nitrogens with zero attached hydrogens (tertiary/aromatic N) is 4. The minimum atomic E-state index is -0.629. The monoisotopic (exact) mass is 447 g/mol. The predicted octanol–water partition coefficient (Wildman–Crippen LogP) is 0.502. The van der Waals surface area contributed by atoms with Crippen molar-refractivity contribution < 1.29 is 14.3 Å². The molecule has 0 radical (unpaired) electrons. The molecule has 0 aromatic carbocycles. The standard InChI is InChI=1S/C18H25N9O3S/c1-4-21-18(29)23-10(2)22-15-12(13(19)27-5-7-30-8-6-27)25-16(26(15)3)17-24-11(9-31-17)14(20)28/h9,19,22H,2,4-8H2,1,3H3,(H2,20,28)(H2,21,23,29). The van der Waals surface area contributed by atoms with Crippen LogP contribution in [0.5, 0.6) is 0 Å². The molecule has 12 nitrogen and oxygen atoms in total. The van der Waals surface area contributed by atoms with E-state index in [1.165, 1.54) is 11.3 Å². The van der Waals surface area contributed by atoms with E-state index in [2.05, 4.69) is 32.5 Å². The SMILES string of the molecule is C=C(NC(=O)NCC)Nc1c(C(=N)N2CCOCC2)nc(-c2nc(C(N)=O)cs2)n1C. The van der Waals surface area contributed by atoms with Gasteiger partial charge in [0.15, 0.2) is 16.7 Å². The van der Waals surface area contributed by atoms with Crippen LogP contribution in [-0.2, 0) is 11.8 Å². The van der Waals surface area contributed by atoms with Crippen LogP contribution in [0.4, 0.5) is 10.6 Å². The zero-order valence-corrected chi connectivity index (χ0v) is 18.1. The van der Waals surface area contributed by atoms with Crippen molar-refractivity contribution in [2.45, 2.75) is 6.92 Å². The molecule has 166 valence electrons. The molecular weight excluding hydrogens is 422 g/mol.